The van der Waals surface area contributed by atoms with E-state index in [1.54, 1.807) is 54.6 Å². The van der Waals surface area contributed by atoms with Crippen molar-refractivity contribution in [2.45, 2.75) is 6.92 Å². The van der Waals surface area contributed by atoms with Gasteiger partial charge in [0.2, 0.25) is 5.76 Å². The minimum atomic E-state index is -0.552. The van der Waals surface area contributed by atoms with Gasteiger partial charge in [-0.1, -0.05) is 35.0 Å². The zero-order valence-electron chi connectivity index (χ0n) is 19.7. The number of amides is 2. The molecule has 0 saturated heterocycles. The van der Waals surface area contributed by atoms with E-state index in [1.807, 2.05) is 19.1 Å². The largest absolute Gasteiger partial charge is 0.486 e. The average molecular weight is 495 g/mol. The van der Waals surface area contributed by atoms with Gasteiger partial charge in [0.15, 0.2) is 23.0 Å². The molecule has 6 rings (SSSR count). The quantitative estimate of drug-likeness (QED) is 0.323. The van der Waals surface area contributed by atoms with E-state index in [2.05, 4.69) is 15.8 Å². The van der Waals surface area contributed by atoms with Crippen molar-refractivity contribution in [2.75, 3.05) is 23.8 Å². The number of nitrogens with one attached hydrogen (secondary N) is 2. The highest BCUT2D eigenvalue weighted by Crippen LogP contribution is 2.35. The number of carbonyl (C=O) groups is 2. The third kappa shape index (κ3) is 4.38. The molecule has 1 aliphatic rings. The molecule has 9 nitrogen and oxygen atoms in total. The molecule has 0 saturated carbocycles. The topological polar surface area (TPSA) is 116 Å². The van der Waals surface area contributed by atoms with Crippen LogP contribution < -0.4 is 20.1 Å². The van der Waals surface area contributed by atoms with Crippen LogP contribution >= 0.6 is 0 Å². The molecule has 3 aromatic carbocycles. The zero-order chi connectivity index (χ0) is 25.4. The fourth-order valence-corrected chi connectivity index (χ4v) is 4.05. The first-order valence-corrected chi connectivity index (χ1v) is 11.6. The average Bonchev–Trinajstić information content (AvgIpc) is 3.56. The number of fused-ring (bicyclic) bond motifs is 2. The van der Waals surface area contributed by atoms with Crippen LogP contribution in [0.5, 0.6) is 11.5 Å². The standard InChI is InChI=1S/C28H21N3O6/c1-16-6-9-18(10-7-16)29-28(33)26-25(19-4-2-3-5-21(19)36-26)30-27(32)20-15-23(37-31-20)17-8-11-22-24(14-17)35-13-12-34-22/h2-11,14-15H,12-13H2,1H3,(H,29,33)(H,30,32). The van der Waals surface area contributed by atoms with Crippen LogP contribution in [0.1, 0.15) is 26.6 Å². The highest BCUT2D eigenvalue weighted by atomic mass is 16.6. The molecule has 5 aromatic rings. The summed E-state index contributed by atoms with van der Waals surface area (Å²) in [5, 5.41) is 10.1. The summed E-state index contributed by atoms with van der Waals surface area (Å²) in [7, 11) is 0. The highest BCUT2D eigenvalue weighted by Gasteiger charge is 2.24. The predicted molar refractivity (Wildman–Crippen MR) is 136 cm³/mol. The normalized spacial score (nSPS) is 12.4. The molecule has 184 valence electrons. The second-order valence-corrected chi connectivity index (χ2v) is 8.51. The first kappa shape index (κ1) is 22.4. The van der Waals surface area contributed by atoms with Gasteiger partial charge in [0.05, 0.1) is 0 Å². The summed E-state index contributed by atoms with van der Waals surface area (Å²) in [6.45, 7) is 2.91. The molecule has 0 atom stereocenters. The van der Waals surface area contributed by atoms with E-state index in [0.717, 1.165) is 5.56 Å². The van der Waals surface area contributed by atoms with Gasteiger partial charge in [0, 0.05) is 22.7 Å². The Morgan fingerprint density at radius 2 is 1.62 bits per heavy atom. The van der Waals surface area contributed by atoms with Crippen molar-refractivity contribution in [1.29, 1.82) is 0 Å². The highest BCUT2D eigenvalue weighted by molar-refractivity contribution is 6.16. The molecule has 0 spiro atoms. The monoisotopic (exact) mass is 495 g/mol. The van der Waals surface area contributed by atoms with Gasteiger partial charge in [-0.15, -0.1) is 0 Å². The van der Waals surface area contributed by atoms with E-state index >= 15 is 0 Å². The summed E-state index contributed by atoms with van der Waals surface area (Å²) < 4.78 is 22.4. The van der Waals surface area contributed by atoms with E-state index in [0.29, 0.717) is 52.7 Å². The van der Waals surface area contributed by atoms with Crippen LogP contribution in [0.15, 0.2) is 81.7 Å². The summed E-state index contributed by atoms with van der Waals surface area (Å²) in [5.74, 6) is 0.564. The number of nitrogens with zero attached hydrogens (tertiary/aromatic N) is 1. The molecular weight excluding hydrogens is 474 g/mol. The number of ether oxygens (including phenoxy) is 2. The molecule has 2 aromatic heterocycles. The maximum Gasteiger partial charge on any atom is 0.293 e. The lowest BCUT2D eigenvalue weighted by atomic mass is 10.1. The maximum absolute atomic E-state index is 13.2. The van der Waals surface area contributed by atoms with Gasteiger partial charge in [-0.05, 0) is 49.4 Å². The smallest absolute Gasteiger partial charge is 0.293 e. The molecule has 0 bridgehead atoms. The summed E-state index contributed by atoms with van der Waals surface area (Å²) in [4.78, 5) is 26.3. The fourth-order valence-electron chi connectivity index (χ4n) is 4.05. The Morgan fingerprint density at radius 1 is 0.838 bits per heavy atom. The Morgan fingerprint density at radius 3 is 2.46 bits per heavy atom. The third-order valence-electron chi connectivity index (χ3n) is 5.92. The number of para-hydroxylation sites is 1. The second kappa shape index (κ2) is 9.19. The summed E-state index contributed by atoms with van der Waals surface area (Å²) in [6, 6.07) is 21.3. The van der Waals surface area contributed by atoms with Gasteiger partial charge in [-0.2, -0.15) is 0 Å². The SMILES string of the molecule is Cc1ccc(NC(=O)c2oc3ccccc3c2NC(=O)c2cc(-c3ccc4c(c3)OCCO4)on2)cc1. The number of hydrogen-bond donors (Lipinski definition) is 2. The van der Waals surface area contributed by atoms with Crippen molar-refractivity contribution in [1.82, 2.24) is 5.16 Å². The molecule has 0 unspecified atom stereocenters. The van der Waals surface area contributed by atoms with Gasteiger partial charge >= 0.3 is 0 Å². The molecular formula is C28H21N3O6. The second-order valence-electron chi connectivity index (χ2n) is 8.51. The Labute approximate surface area is 211 Å². The molecule has 0 fully saturated rings. The van der Waals surface area contributed by atoms with Crippen LogP contribution in [0.4, 0.5) is 11.4 Å². The number of anilines is 2. The van der Waals surface area contributed by atoms with Gasteiger partial charge < -0.3 is 29.0 Å². The Kier molecular flexibility index (Phi) is 5.57. The molecule has 2 N–H and O–H groups in total. The van der Waals surface area contributed by atoms with Gasteiger partial charge in [0.1, 0.15) is 24.5 Å². The molecule has 9 heteroatoms. The molecule has 2 amide bonds. The minimum Gasteiger partial charge on any atom is -0.486 e. The van der Waals surface area contributed by atoms with Crippen molar-refractivity contribution in [3.05, 3.63) is 89.8 Å². The van der Waals surface area contributed by atoms with Crippen LogP contribution in [-0.4, -0.2) is 30.2 Å². The van der Waals surface area contributed by atoms with Crippen LogP contribution in [0.2, 0.25) is 0 Å². The summed E-state index contributed by atoms with van der Waals surface area (Å²) in [6.07, 6.45) is 0. The Hall–Kier alpha value is -5.05. The zero-order valence-corrected chi connectivity index (χ0v) is 19.7. The van der Waals surface area contributed by atoms with E-state index in [1.165, 1.54) is 6.07 Å². The van der Waals surface area contributed by atoms with E-state index < -0.39 is 11.8 Å². The van der Waals surface area contributed by atoms with Crippen LogP contribution in [-0.2, 0) is 0 Å². The number of carbonyl (C=O) groups excluding carboxylic acids is 2. The minimum absolute atomic E-state index is 0.0225. The lowest BCUT2D eigenvalue weighted by Gasteiger charge is -2.18. The van der Waals surface area contributed by atoms with Crippen molar-refractivity contribution in [3.63, 3.8) is 0 Å². The van der Waals surface area contributed by atoms with Crippen LogP contribution in [0, 0.1) is 6.92 Å². The fraction of sp³-hybridized carbons (Fsp3) is 0.107. The van der Waals surface area contributed by atoms with Gasteiger partial charge in [-0.25, -0.2) is 0 Å². The van der Waals surface area contributed by atoms with Crippen molar-refractivity contribution < 1.29 is 28.0 Å². The van der Waals surface area contributed by atoms with Crippen molar-refractivity contribution in [3.8, 4) is 22.8 Å². The molecule has 0 aliphatic carbocycles. The molecule has 3 heterocycles. The summed E-state index contributed by atoms with van der Waals surface area (Å²) in [5.41, 5.74) is 3.10. The van der Waals surface area contributed by atoms with Crippen molar-refractivity contribution in [2.24, 2.45) is 0 Å². The van der Waals surface area contributed by atoms with E-state index in [4.69, 9.17) is 18.4 Å². The molecule has 37 heavy (non-hydrogen) atoms. The molecule has 1 aliphatic heterocycles. The predicted octanol–water partition coefficient (Wildman–Crippen LogP) is 5.67. The molecule has 0 radical (unpaired) electrons. The Bertz CT molecular complexity index is 1630. The lowest BCUT2D eigenvalue weighted by molar-refractivity contribution is 0.0999. The number of aromatic nitrogens is 1. The van der Waals surface area contributed by atoms with Crippen molar-refractivity contribution >= 4 is 34.2 Å². The summed E-state index contributed by atoms with van der Waals surface area (Å²) >= 11 is 0. The van der Waals surface area contributed by atoms with E-state index in [9.17, 15) is 9.59 Å². The number of benzene rings is 3. The van der Waals surface area contributed by atoms with E-state index in [-0.39, 0.29) is 17.1 Å². The van der Waals surface area contributed by atoms with Gasteiger partial charge in [-0.3, -0.25) is 9.59 Å². The van der Waals surface area contributed by atoms with Gasteiger partial charge in [0.25, 0.3) is 11.8 Å². The number of hydrogen-bond acceptors (Lipinski definition) is 7. The Balaban J connectivity index is 1.27. The first-order chi connectivity index (χ1) is 18.0. The third-order valence-corrected chi connectivity index (χ3v) is 5.92. The van der Waals surface area contributed by atoms with Crippen LogP contribution in [0.25, 0.3) is 22.3 Å². The number of furan rings is 1. The first-order valence-electron chi connectivity index (χ1n) is 11.6. The lowest BCUT2D eigenvalue weighted by Crippen LogP contribution is -2.17. The number of aryl methyl sites for hydroxylation is 1. The number of rotatable bonds is 5. The van der Waals surface area contributed by atoms with Crippen LogP contribution in [0.3, 0.4) is 0 Å². The maximum atomic E-state index is 13.2.